The molecular weight excluding hydrogens is 495 g/mol. The molecule has 1 aromatic carbocycles. The van der Waals surface area contributed by atoms with E-state index < -0.39 is 18.4 Å². The predicted molar refractivity (Wildman–Crippen MR) is 113 cm³/mol. The van der Waals surface area contributed by atoms with E-state index in [9.17, 15) is 18.0 Å². The Morgan fingerprint density at radius 1 is 1.17 bits per heavy atom. The van der Waals surface area contributed by atoms with Crippen molar-refractivity contribution in [3.05, 3.63) is 40.9 Å². The zero-order chi connectivity index (χ0) is 24.6. The van der Waals surface area contributed by atoms with Crippen LogP contribution in [0.1, 0.15) is 54.1 Å². The number of amides is 1. The number of rotatable bonds is 7. The van der Waals surface area contributed by atoms with Gasteiger partial charge in [0.15, 0.2) is 5.58 Å². The predicted octanol–water partition coefficient (Wildman–Crippen LogP) is 3.97. The van der Waals surface area contributed by atoms with E-state index in [0.717, 1.165) is 0 Å². The first-order valence-electron chi connectivity index (χ1n) is 11.0. The molecule has 2 fully saturated rings. The lowest BCUT2D eigenvalue weighted by Gasteiger charge is -2.34. The van der Waals surface area contributed by atoms with Crippen LogP contribution in [0.2, 0.25) is 5.02 Å². The summed E-state index contributed by atoms with van der Waals surface area (Å²) in [5, 5.41) is 10.3. The van der Waals surface area contributed by atoms with Crippen molar-refractivity contribution in [3.8, 4) is 0 Å². The smallest absolute Gasteiger partial charge is 0.432 e. The molecule has 2 aromatic heterocycles. The molecule has 3 aromatic rings. The van der Waals surface area contributed by atoms with E-state index in [2.05, 4.69) is 25.3 Å². The van der Waals surface area contributed by atoms with Gasteiger partial charge in [-0.25, -0.2) is 9.99 Å². The van der Waals surface area contributed by atoms with Crippen molar-refractivity contribution in [1.82, 2.24) is 25.6 Å². The van der Waals surface area contributed by atoms with Crippen molar-refractivity contribution < 1.29 is 36.3 Å². The molecular formula is C21H21ClF3N5O5. The van der Waals surface area contributed by atoms with E-state index in [1.165, 1.54) is 0 Å². The van der Waals surface area contributed by atoms with E-state index in [4.69, 9.17) is 25.2 Å². The number of benzene rings is 1. The largest absolute Gasteiger partial charge is 0.522 e. The maximum Gasteiger partial charge on any atom is 0.522 e. The summed E-state index contributed by atoms with van der Waals surface area (Å²) in [5.74, 6) is 0.258. The van der Waals surface area contributed by atoms with Crippen LogP contribution in [0.25, 0.3) is 11.1 Å². The summed E-state index contributed by atoms with van der Waals surface area (Å²) in [6, 6.07) is 4.94. The summed E-state index contributed by atoms with van der Waals surface area (Å²) < 4.78 is 57.1. The van der Waals surface area contributed by atoms with Gasteiger partial charge in [-0.1, -0.05) is 11.6 Å². The number of halogens is 4. The fourth-order valence-corrected chi connectivity index (χ4v) is 4.21. The Morgan fingerprint density at radius 3 is 2.69 bits per heavy atom. The number of oxazole rings is 1. The quantitative estimate of drug-likeness (QED) is 0.499. The van der Waals surface area contributed by atoms with Gasteiger partial charge in [0.25, 0.3) is 5.89 Å². The van der Waals surface area contributed by atoms with E-state index in [0.29, 0.717) is 47.9 Å². The van der Waals surface area contributed by atoms with Gasteiger partial charge in [-0.05, 0) is 31.0 Å². The van der Waals surface area contributed by atoms with Gasteiger partial charge in [-0.3, -0.25) is 15.0 Å². The fourth-order valence-electron chi connectivity index (χ4n) is 4.05. The normalized spacial score (nSPS) is 21.8. The number of carbonyl (C=O) groups is 1. The molecule has 35 heavy (non-hydrogen) atoms. The topological polar surface area (TPSA) is 116 Å². The molecule has 0 unspecified atom stereocenters. The van der Waals surface area contributed by atoms with Crippen LogP contribution in [0.4, 0.5) is 13.2 Å². The number of carbonyl (C=O) groups excluding carboxylic acids is 1. The number of nitrogens with one attached hydrogen (secondary N) is 1. The molecule has 2 aliphatic rings. The van der Waals surface area contributed by atoms with Crippen molar-refractivity contribution in [3.63, 3.8) is 0 Å². The molecule has 1 saturated heterocycles. The van der Waals surface area contributed by atoms with Gasteiger partial charge in [-0.15, -0.1) is 23.4 Å². The van der Waals surface area contributed by atoms with Crippen LogP contribution in [-0.4, -0.2) is 57.8 Å². The third-order valence-electron chi connectivity index (χ3n) is 5.92. The molecule has 0 bridgehead atoms. The highest BCUT2D eigenvalue weighted by Crippen LogP contribution is 2.33. The van der Waals surface area contributed by atoms with Crippen LogP contribution < -0.4 is 5.43 Å². The van der Waals surface area contributed by atoms with E-state index in [1.54, 1.807) is 23.2 Å². The number of hydrogen-bond donors (Lipinski definition) is 1. The molecule has 1 aliphatic carbocycles. The minimum absolute atomic E-state index is 0.0177. The zero-order valence-corrected chi connectivity index (χ0v) is 19.0. The number of hydrogen-bond acceptors (Lipinski definition) is 9. The average Bonchev–Trinajstić information content (AvgIpc) is 3.42. The highest BCUT2D eigenvalue weighted by atomic mass is 35.5. The summed E-state index contributed by atoms with van der Waals surface area (Å²) in [6.07, 6.45) is -4.15. The number of hydrazine groups is 1. The Balaban J connectivity index is 1.05. The third kappa shape index (κ3) is 5.92. The molecule has 1 aliphatic heterocycles. The van der Waals surface area contributed by atoms with Crippen LogP contribution in [0.5, 0.6) is 0 Å². The van der Waals surface area contributed by atoms with Crippen LogP contribution >= 0.6 is 11.6 Å². The summed E-state index contributed by atoms with van der Waals surface area (Å²) in [7, 11) is 0. The SMILES string of the molecule is O=C(NN1CCC(c2nnc(COC3CC(OC(F)(F)F)C3)o2)CC1)c1nc2cc(Cl)ccc2o1. The molecule has 3 heterocycles. The number of nitrogens with zero attached hydrogens (tertiary/aromatic N) is 4. The number of fused-ring (bicyclic) bond motifs is 1. The first-order valence-corrected chi connectivity index (χ1v) is 11.4. The lowest BCUT2D eigenvalue weighted by molar-refractivity contribution is -0.357. The Hall–Kier alpha value is -2.74. The van der Waals surface area contributed by atoms with Crippen molar-refractivity contribution in [2.75, 3.05) is 13.1 Å². The molecule has 0 atom stereocenters. The van der Waals surface area contributed by atoms with Crippen molar-refractivity contribution in [2.45, 2.75) is 56.8 Å². The zero-order valence-electron chi connectivity index (χ0n) is 18.3. The first kappa shape index (κ1) is 24.0. The van der Waals surface area contributed by atoms with Crippen LogP contribution in [0.3, 0.4) is 0 Å². The molecule has 14 heteroatoms. The highest BCUT2D eigenvalue weighted by Gasteiger charge is 2.40. The Bertz CT molecular complexity index is 1190. The minimum Gasteiger partial charge on any atom is -0.432 e. The van der Waals surface area contributed by atoms with Gasteiger partial charge in [0.1, 0.15) is 12.1 Å². The van der Waals surface area contributed by atoms with Gasteiger partial charge < -0.3 is 13.6 Å². The van der Waals surface area contributed by atoms with E-state index in [1.807, 2.05) is 0 Å². The van der Waals surface area contributed by atoms with Gasteiger partial charge in [-0.2, -0.15) is 0 Å². The number of alkyl halides is 3. The molecule has 1 N–H and O–H groups in total. The van der Waals surface area contributed by atoms with Gasteiger partial charge >= 0.3 is 12.3 Å². The standard InChI is InChI=1S/C21H21ClF3N5O5/c22-12-1-2-16-15(7-12)26-20(33-16)18(31)29-30-5-3-11(4-6-30)19-28-27-17(34-19)10-32-13-8-14(9-13)35-21(23,24)25/h1-2,7,11,13-14H,3-6,8-10H2,(H,29,31). The average molecular weight is 516 g/mol. The summed E-state index contributed by atoms with van der Waals surface area (Å²) in [5.41, 5.74) is 3.77. The molecule has 1 amide bonds. The number of ether oxygens (including phenoxy) is 2. The molecule has 0 spiro atoms. The van der Waals surface area contributed by atoms with Gasteiger partial charge in [0.2, 0.25) is 11.8 Å². The monoisotopic (exact) mass is 515 g/mol. The molecule has 188 valence electrons. The number of aromatic nitrogens is 3. The van der Waals surface area contributed by atoms with E-state index >= 15 is 0 Å². The molecule has 0 radical (unpaired) electrons. The van der Waals surface area contributed by atoms with Crippen molar-refractivity contribution in [2.24, 2.45) is 0 Å². The lowest BCUT2D eigenvalue weighted by atomic mass is 9.92. The second kappa shape index (κ2) is 9.72. The third-order valence-corrected chi connectivity index (χ3v) is 6.16. The summed E-state index contributed by atoms with van der Waals surface area (Å²) >= 11 is 5.94. The van der Waals surface area contributed by atoms with Crippen molar-refractivity contribution >= 4 is 28.6 Å². The molecule has 10 nitrogen and oxygen atoms in total. The maximum absolute atomic E-state index is 12.5. The van der Waals surface area contributed by atoms with Crippen LogP contribution in [0, 0.1) is 0 Å². The summed E-state index contributed by atoms with van der Waals surface area (Å²) in [4.78, 5) is 16.7. The highest BCUT2D eigenvalue weighted by molar-refractivity contribution is 6.31. The first-order chi connectivity index (χ1) is 16.7. The van der Waals surface area contributed by atoms with Crippen LogP contribution in [0.15, 0.2) is 27.0 Å². The minimum atomic E-state index is -4.63. The lowest BCUT2D eigenvalue weighted by Crippen LogP contribution is -2.46. The second-order valence-electron chi connectivity index (χ2n) is 8.46. The van der Waals surface area contributed by atoms with E-state index in [-0.39, 0.29) is 43.3 Å². The fraction of sp³-hybridized carbons (Fsp3) is 0.524. The van der Waals surface area contributed by atoms with Crippen LogP contribution in [-0.2, 0) is 16.1 Å². The van der Waals surface area contributed by atoms with Gasteiger partial charge in [0.05, 0.1) is 12.2 Å². The van der Waals surface area contributed by atoms with Gasteiger partial charge in [0, 0.05) is 36.9 Å². The second-order valence-corrected chi connectivity index (χ2v) is 8.89. The van der Waals surface area contributed by atoms with Crippen molar-refractivity contribution in [1.29, 1.82) is 0 Å². The number of piperidine rings is 1. The summed E-state index contributed by atoms with van der Waals surface area (Å²) in [6.45, 7) is 1.14. The molecule has 5 rings (SSSR count). The Kier molecular flexibility index (Phi) is 6.66. The Labute approximate surface area is 201 Å². The molecule has 1 saturated carbocycles. The maximum atomic E-state index is 12.5. The Morgan fingerprint density at radius 2 is 1.94 bits per heavy atom.